The van der Waals surface area contributed by atoms with Crippen molar-refractivity contribution < 1.29 is 0 Å². The van der Waals surface area contributed by atoms with Gasteiger partial charge in [-0.1, -0.05) is 135 Å². The van der Waals surface area contributed by atoms with Gasteiger partial charge < -0.3 is 0 Å². The SMILES string of the molecule is c1ccc(-c2cc3ccccc3c(-c3c(P4N[C@H]5CCCC[C@@H]5N4)c(-c4ccccc4)cc4ccccc34)c2P2N[C@H]3CCCC[C@@H]3N2)cc1. The maximum Gasteiger partial charge on any atom is 0.0687 e. The second-order valence-corrected chi connectivity index (χ2v) is 17.9. The van der Waals surface area contributed by atoms with Crippen LogP contribution in [-0.4, -0.2) is 24.2 Å². The van der Waals surface area contributed by atoms with E-state index in [-0.39, 0.29) is 0 Å². The first-order valence-electron chi connectivity index (χ1n) is 18.7. The summed E-state index contributed by atoms with van der Waals surface area (Å²) >= 11 is 0. The van der Waals surface area contributed by atoms with Crippen molar-refractivity contribution in [3.8, 4) is 33.4 Å². The van der Waals surface area contributed by atoms with E-state index in [4.69, 9.17) is 0 Å². The Morgan fingerprint density at radius 3 is 1.12 bits per heavy atom. The summed E-state index contributed by atoms with van der Waals surface area (Å²) < 4.78 is 0. The fourth-order valence-corrected chi connectivity index (χ4v) is 14.2. The minimum atomic E-state index is -0.844. The highest BCUT2D eigenvalue weighted by atomic mass is 31.1. The van der Waals surface area contributed by atoms with Gasteiger partial charge in [0.1, 0.15) is 0 Å². The Hall–Kier alpha value is -3.46. The lowest BCUT2D eigenvalue weighted by molar-refractivity contribution is 0.374. The third-order valence-electron chi connectivity index (χ3n) is 11.6. The molecule has 250 valence electrons. The quantitative estimate of drug-likeness (QED) is 0.136. The Morgan fingerprint density at radius 1 is 0.400 bits per heavy atom. The molecule has 10 rings (SSSR count). The van der Waals surface area contributed by atoms with Crippen molar-refractivity contribution in [2.45, 2.75) is 75.5 Å². The molecular weight excluding hydrogens is 646 g/mol. The fraction of sp³-hybridized carbons (Fsp3) is 0.273. The largest absolute Gasteiger partial charge is 0.275 e. The number of hydrogen-bond acceptors (Lipinski definition) is 4. The highest BCUT2D eigenvalue weighted by Crippen LogP contribution is 2.51. The number of hydrogen-bond donors (Lipinski definition) is 4. The van der Waals surface area contributed by atoms with Crippen LogP contribution in [0.5, 0.6) is 0 Å². The summed E-state index contributed by atoms with van der Waals surface area (Å²) in [4.78, 5) is 0. The molecule has 0 spiro atoms. The van der Waals surface area contributed by atoms with E-state index in [2.05, 4.69) is 142 Å². The lowest BCUT2D eigenvalue weighted by atomic mass is 9.88. The Morgan fingerprint density at radius 2 is 0.740 bits per heavy atom. The normalized spacial score (nSPS) is 24.1. The summed E-state index contributed by atoms with van der Waals surface area (Å²) in [5.41, 5.74) is 8.06. The van der Waals surface area contributed by atoms with Crippen molar-refractivity contribution in [3.63, 3.8) is 0 Å². The van der Waals surface area contributed by atoms with Crippen LogP contribution in [0, 0.1) is 0 Å². The van der Waals surface area contributed by atoms with Gasteiger partial charge in [-0.2, -0.15) is 0 Å². The third-order valence-corrected chi connectivity index (χ3v) is 15.8. The van der Waals surface area contributed by atoms with Gasteiger partial charge in [0.15, 0.2) is 0 Å². The van der Waals surface area contributed by atoms with E-state index in [1.54, 1.807) is 0 Å². The zero-order chi connectivity index (χ0) is 33.0. The number of benzene rings is 6. The first-order chi connectivity index (χ1) is 24.8. The molecule has 2 aliphatic carbocycles. The van der Waals surface area contributed by atoms with Crippen molar-refractivity contribution in [2.75, 3.05) is 0 Å². The standard InChI is InChI=1S/C44H44N4P2/c1-3-15-29(16-4-1)35-27-31-19-7-9-21-33(31)41(43(35)49-45-37-23-11-12-24-38(37)46-49)42-34-22-10-8-20-32(34)28-36(30-17-5-2-6-18-30)44(42)50-47-39-25-13-14-26-40(39)48-50/h1-10,15-22,27-28,37-40,45-48H,11-14,23-26H2/t37-,38-,39-,40-/m0/s1. The highest BCUT2D eigenvalue weighted by molar-refractivity contribution is 7.63. The molecule has 4 aliphatic rings. The minimum Gasteiger partial charge on any atom is -0.275 e. The molecule has 0 bridgehead atoms. The molecule has 2 saturated carbocycles. The molecule has 0 unspecified atom stereocenters. The number of fused-ring (bicyclic) bond motifs is 4. The lowest BCUT2D eigenvalue weighted by Crippen LogP contribution is -2.36. The first-order valence-corrected chi connectivity index (χ1v) is 21.4. The molecule has 0 amide bonds. The van der Waals surface area contributed by atoms with E-state index in [9.17, 15) is 0 Å². The molecule has 2 saturated heterocycles. The molecule has 4 fully saturated rings. The van der Waals surface area contributed by atoms with E-state index < -0.39 is 16.4 Å². The summed E-state index contributed by atoms with van der Waals surface area (Å²) in [6.45, 7) is 0. The van der Waals surface area contributed by atoms with Crippen LogP contribution in [0.3, 0.4) is 0 Å². The van der Waals surface area contributed by atoms with Crippen molar-refractivity contribution >= 4 is 48.6 Å². The molecule has 2 heterocycles. The topological polar surface area (TPSA) is 48.1 Å². The Balaban J connectivity index is 1.34. The molecule has 6 heteroatoms. The van der Waals surface area contributed by atoms with E-state index in [0.717, 1.165) is 0 Å². The molecule has 6 aromatic carbocycles. The maximum absolute atomic E-state index is 4.25. The predicted octanol–water partition coefficient (Wildman–Crippen LogP) is 9.88. The van der Waals surface area contributed by atoms with Crippen LogP contribution in [0.2, 0.25) is 0 Å². The molecule has 2 aliphatic heterocycles. The minimum absolute atomic E-state index is 0.523. The highest BCUT2D eigenvalue weighted by Gasteiger charge is 2.41. The van der Waals surface area contributed by atoms with Gasteiger partial charge in [-0.25, -0.2) is 0 Å². The number of rotatable bonds is 5. The predicted molar refractivity (Wildman–Crippen MR) is 216 cm³/mol. The second-order valence-electron chi connectivity index (χ2n) is 14.7. The van der Waals surface area contributed by atoms with Crippen LogP contribution in [0.1, 0.15) is 51.4 Å². The van der Waals surface area contributed by atoms with Crippen molar-refractivity contribution in [1.82, 2.24) is 20.3 Å². The molecule has 0 radical (unpaired) electrons. The van der Waals surface area contributed by atoms with Gasteiger partial charge in [0, 0.05) is 45.9 Å². The van der Waals surface area contributed by atoms with Crippen molar-refractivity contribution in [2.24, 2.45) is 0 Å². The summed E-state index contributed by atoms with van der Waals surface area (Å²) in [6, 6.07) is 47.7. The van der Waals surface area contributed by atoms with Crippen LogP contribution in [-0.2, 0) is 0 Å². The van der Waals surface area contributed by atoms with Crippen molar-refractivity contribution in [3.05, 3.63) is 121 Å². The Bertz CT molecular complexity index is 2000. The molecule has 50 heavy (non-hydrogen) atoms. The summed E-state index contributed by atoms with van der Waals surface area (Å²) in [6.07, 6.45) is 10.2. The zero-order valence-electron chi connectivity index (χ0n) is 28.4. The Kier molecular flexibility index (Phi) is 8.30. The molecular formula is C44H44N4P2. The second kappa shape index (κ2) is 13.3. The lowest BCUT2D eigenvalue weighted by Gasteiger charge is -2.29. The summed E-state index contributed by atoms with van der Waals surface area (Å²) in [5.74, 6) is 0. The average molecular weight is 691 g/mol. The van der Waals surface area contributed by atoms with Gasteiger partial charge in [0.25, 0.3) is 0 Å². The van der Waals surface area contributed by atoms with Crippen LogP contribution < -0.4 is 31.0 Å². The van der Waals surface area contributed by atoms with Gasteiger partial charge >= 0.3 is 0 Å². The van der Waals surface area contributed by atoms with E-state index in [1.165, 1.54) is 117 Å². The number of nitrogens with one attached hydrogen (secondary N) is 4. The van der Waals surface area contributed by atoms with Gasteiger partial charge in [-0.15, -0.1) is 0 Å². The van der Waals surface area contributed by atoms with Gasteiger partial charge in [-0.05, 0) is 81.6 Å². The van der Waals surface area contributed by atoms with Gasteiger partial charge in [-0.3, -0.25) is 20.3 Å². The van der Waals surface area contributed by atoms with Crippen LogP contribution in [0.15, 0.2) is 121 Å². The van der Waals surface area contributed by atoms with Crippen LogP contribution in [0.25, 0.3) is 54.9 Å². The average Bonchev–Trinajstić information content (AvgIpc) is 3.82. The third kappa shape index (κ3) is 5.44. The summed E-state index contributed by atoms with van der Waals surface area (Å²) in [5, 5.41) is 25.1. The van der Waals surface area contributed by atoms with E-state index in [0.29, 0.717) is 24.2 Å². The van der Waals surface area contributed by atoms with E-state index in [1.807, 2.05) is 0 Å². The summed E-state index contributed by atoms with van der Waals surface area (Å²) in [7, 11) is -1.69. The molecule has 4 atom stereocenters. The van der Waals surface area contributed by atoms with Gasteiger partial charge in [0.05, 0.1) is 16.4 Å². The zero-order valence-corrected chi connectivity index (χ0v) is 30.2. The Labute approximate surface area is 298 Å². The first kappa shape index (κ1) is 31.3. The van der Waals surface area contributed by atoms with Crippen LogP contribution >= 0.6 is 16.4 Å². The molecule has 4 N–H and O–H groups in total. The van der Waals surface area contributed by atoms with Crippen molar-refractivity contribution in [1.29, 1.82) is 0 Å². The maximum atomic E-state index is 4.25. The molecule has 4 nitrogen and oxygen atoms in total. The smallest absolute Gasteiger partial charge is 0.0687 e. The monoisotopic (exact) mass is 690 g/mol. The van der Waals surface area contributed by atoms with Crippen LogP contribution in [0.4, 0.5) is 0 Å². The van der Waals surface area contributed by atoms with E-state index >= 15 is 0 Å². The molecule has 6 aromatic rings. The fourth-order valence-electron chi connectivity index (χ4n) is 9.20. The van der Waals surface area contributed by atoms with Gasteiger partial charge in [0.2, 0.25) is 0 Å². The molecule has 0 aromatic heterocycles.